The number of hydrogen-bond acceptors (Lipinski definition) is 8. The molecule has 0 amide bonds. The Kier molecular flexibility index (Phi) is 7.22. The van der Waals surface area contributed by atoms with E-state index >= 15 is 0 Å². The molecule has 156 valence electrons. The quantitative estimate of drug-likeness (QED) is 0.689. The number of anilines is 1. The van der Waals surface area contributed by atoms with Gasteiger partial charge in [-0.15, -0.1) is 0 Å². The molecule has 0 spiro atoms. The van der Waals surface area contributed by atoms with Gasteiger partial charge in [-0.25, -0.2) is 9.97 Å². The Bertz CT molecular complexity index is 1030. The van der Waals surface area contributed by atoms with Gasteiger partial charge in [0.25, 0.3) is 0 Å². The van der Waals surface area contributed by atoms with Gasteiger partial charge in [0.2, 0.25) is 0 Å². The molecule has 0 saturated carbocycles. The Balaban J connectivity index is 0.000000377. The van der Waals surface area contributed by atoms with Gasteiger partial charge in [-0.3, -0.25) is 9.97 Å². The van der Waals surface area contributed by atoms with Gasteiger partial charge in [-0.2, -0.15) is 5.26 Å². The molecule has 1 saturated heterocycles. The molecular weight excluding hydrogens is 378 g/mol. The molecule has 1 unspecified atom stereocenters. The zero-order valence-corrected chi connectivity index (χ0v) is 17.6. The summed E-state index contributed by atoms with van der Waals surface area (Å²) in [4.78, 5) is 20.1. The van der Waals surface area contributed by atoms with Crippen LogP contribution in [0.5, 0.6) is 0 Å². The van der Waals surface area contributed by atoms with Crippen molar-refractivity contribution in [2.75, 3.05) is 25.1 Å². The zero-order valence-electron chi connectivity index (χ0n) is 17.6. The standard InChI is InChI=1S/C17H18N6O.C5H9N/c1-24-13-9-23(10-13)17-8-19-7-16(22-17)14-3-2-11-6-20-12(5-18)4-15(11)21-14;1-3-5(2)4-6/h2-4,6-8,13H,5,9-10,18H2,1H3;5H,3H2,1-2H3. The number of ether oxygens (including phenoxy) is 1. The molecule has 1 atom stereocenters. The van der Waals surface area contributed by atoms with Crippen LogP contribution in [0, 0.1) is 17.2 Å². The van der Waals surface area contributed by atoms with Gasteiger partial charge in [0.1, 0.15) is 11.5 Å². The summed E-state index contributed by atoms with van der Waals surface area (Å²) in [5.41, 5.74) is 8.87. The average Bonchev–Trinajstić information content (AvgIpc) is 2.77. The summed E-state index contributed by atoms with van der Waals surface area (Å²) in [5.74, 6) is 1.09. The number of nitriles is 1. The monoisotopic (exact) mass is 405 g/mol. The lowest BCUT2D eigenvalue weighted by Crippen LogP contribution is -2.52. The van der Waals surface area contributed by atoms with E-state index in [1.807, 2.05) is 32.0 Å². The Morgan fingerprint density at radius 3 is 2.67 bits per heavy atom. The first-order valence-electron chi connectivity index (χ1n) is 10.0. The van der Waals surface area contributed by atoms with Crippen LogP contribution in [-0.2, 0) is 11.3 Å². The molecule has 0 radical (unpaired) electrons. The number of methoxy groups -OCH3 is 1. The molecule has 1 fully saturated rings. The van der Waals surface area contributed by atoms with Gasteiger partial charge in [-0.1, -0.05) is 6.92 Å². The molecular formula is C22H27N7O. The van der Waals surface area contributed by atoms with Crippen molar-refractivity contribution < 1.29 is 4.74 Å². The Hall–Kier alpha value is -3.15. The molecule has 3 aromatic rings. The highest BCUT2D eigenvalue weighted by Gasteiger charge is 2.27. The highest BCUT2D eigenvalue weighted by molar-refractivity contribution is 5.80. The van der Waals surface area contributed by atoms with E-state index in [4.69, 9.17) is 15.7 Å². The van der Waals surface area contributed by atoms with Crippen molar-refractivity contribution >= 4 is 16.7 Å². The number of hydrogen-bond donors (Lipinski definition) is 1. The van der Waals surface area contributed by atoms with Gasteiger partial charge in [0.05, 0.1) is 41.5 Å². The summed E-state index contributed by atoms with van der Waals surface area (Å²) in [5, 5.41) is 9.06. The maximum absolute atomic E-state index is 8.08. The van der Waals surface area contributed by atoms with Crippen LogP contribution in [-0.4, -0.2) is 46.2 Å². The lowest BCUT2D eigenvalue weighted by molar-refractivity contribution is 0.0783. The molecule has 0 aliphatic carbocycles. The molecule has 2 N–H and O–H groups in total. The molecule has 4 heterocycles. The van der Waals surface area contributed by atoms with Crippen LogP contribution in [0.25, 0.3) is 22.3 Å². The van der Waals surface area contributed by atoms with Crippen molar-refractivity contribution in [3.63, 3.8) is 0 Å². The highest BCUT2D eigenvalue weighted by Crippen LogP contribution is 2.24. The van der Waals surface area contributed by atoms with Crippen LogP contribution in [0.3, 0.4) is 0 Å². The normalized spacial score (nSPS) is 14.4. The third-order valence-corrected chi connectivity index (χ3v) is 5.06. The fraction of sp³-hybridized carbons (Fsp3) is 0.409. The summed E-state index contributed by atoms with van der Waals surface area (Å²) in [6.07, 6.45) is 6.54. The van der Waals surface area contributed by atoms with E-state index in [1.165, 1.54) is 0 Å². The van der Waals surface area contributed by atoms with E-state index in [9.17, 15) is 0 Å². The van der Waals surface area contributed by atoms with Crippen molar-refractivity contribution in [2.24, 2.45) is 11.7 Å². The minimum atomic E-state index is 0.241. The first-order valence-corrected chi connectivity index (χ1v) is 10.0. The molecule has 30 heavy (non-hydrogen) atoms. The molecule has 8 nitrogen and oxygen atoms in total. The van der Waals surface area contributed by atoms with Crippen LogP contribution in [0.2, 0.25) is 0 Å². The lowest BCUT2D eigenvalue weighted by atomic mass is 10.1. The highest BCUT2D eigenvalue weighted by atomic mass is 16.5. The third kappa shape index (κ3) is 5.06. The largest absolute Gasteiger partial charge is 0.378 e. The summed E-state index contributed by atoms with van der Waals surface area (Å²) < 4.78 is 5.30. The minimum absolute atomic E-state index is 0.241. The first kappa shape index (κ1) is 21.6. The second-order valence-corrected chi connectivity index (χ2v) is 7.23. The third-order valence-electron chi connectivity index (χ3n) is 5.06. The van der Waals surface area contributed by atoms with Crippen LogP contribution in [0.15, 0.2) is 36.8 Å². The van der Waals surface area contributed by atoms with E-state index < -0.39 is 0 Å². The van der Waals surface area contributed by atoms with Crippen LogP contribution in [0.1, 0.15) is 26.0 Å². The van der Waals surface area contributed by atoms with Crippen molar-refractivity contribution in [3.05, 3.63) is 42.5 Å². The maximum atomic E-state index is 8.08. The Morgan fingerprint density at radius 2 is 2.03 bits per heavy atom. The number of nitrogens with zero attached hydrogens (tertiary/aromatic N) is 6. The number of nitrogens with two attached hydrogens (primary N) is 1. The minimum Gasteiger partial charge on any atom is -0.378 e. The average molecular weight is 406 g/mol. The van der Waals surface area contributed by atoms with Crippen LogP contribution < -0.4 is 10.6 Å². The predicted octanol–water partition coefficient (Wildman–Crippen LogP) is 2.94. The van der Waals surface area contributed by atoms with Crippen molar-refractivity contribution in [2.45, 2.75) is 32.9 Å². The molecule has 8 heteroatoms. The van der Waals surface area contributed by atoms with Crippen LogP contribution >= 0.6 is 0 Å². The van der Waals surface area contributed by atoms with Crippen molar-refractivity contribution in [3.8, 4) is 17.5 Å². The van der Waals surface area contributed by atoms with E-state index in [0.29, 0.717) is 6.54 Å². The number of fused-ring (bicyclic) bond motifs is 1. The fourth-order valence-corrected chi connectivity index (χ4v) is 2.81. The smallest absolute Gasteiger partial charge is 0.148 e. The van der Waals surface area contributed by atoms with Crippen molar-refractivity contribution in [1.82, 2.24) is 19.9 Å². The fourth-order valence-electron chi connectivity index (χ4n) is 2.81. The zero-order chi connectivity index (χ0) is 21.5. The second kappa shape index (κ2) is 10.1. The van der Waals surface area contributed by atoms with Gasteiger partial charge < -0.3 is 15.4 Å². The molecule has 0 aromatic carbocycles. The first-order chi connectivity index (χ1) is 14.6. The molecule has 3 aromatic heterocycles. The van der Waals surface area contributed by atoms with Crippen LogP contribution in [0.4, 0.5) is 5.82 Å². The van der Waals surface area contributed by atoms with E-state index in [1.54, 1.807) is 25.7 Å². The summed E-state index contributed by atoms with van der Waals surface area (Å²) in [6, 6.07) is 7.95. The Morgan fingerprint density at radius 1 is 1.23 bits per heavy atom. The SMILES string of the molecule is CCC(C)C#N.COC1CN(c2cncc(-c3ccc4cnc(CN)cc4n3)n2)C1. The summed E-state index contributed by atoms with van der Waals surface area (Å²) in [6.45, 7) is 6.00. The molecule has 0 bridgehead atoms. The Labute approximate surface area is 176 Å². The number of aromatic nitrogens is 4. The predicted molar refractivity (Wildman–Crippen MR) is 117 cm³/mol. The van der Waals surface area contributed by atoms with Gasteiger partial charge in [-0.05, 0) is 31.5 Å². The molecule has 4 rings (SSSR count). The number of pyridine rings is 2. The molecule has 1 aliphatic heterocycles. The maximum Gasteiger partial charge on any atom is 0.148 e. The van der Waals surface area contributed by atoms with E-state index in [2.05, 4.69) is 30.9 Å². The lowest BCUT2D eigenvalue weighted by Gasteiger charge is -2.38. The van der Waals surface area contributed by atoms with E-state index in [0.717, 1.165) is 53.3 Å². The van der Waals surface area contributed by atoms with Gasteiger partial charge in [0, 0.05) is 44.2 Å². The number of rotatable bonds is 5. The van der Waals surface area contributed by atoms with E-state index in [-0.39, 0.29) is 12.0 Å². The topological polar surface area (TPSA) is 114 Å². The van der Waals surface area contributed by atoms with Crippen molar-refractivity contribution in [1.29, 1.82) is 5.26 Å². The van der Waals surface area contributed by atoms with Gasteiger partial charge >= 0.3 is 0 Å². The van der Waals surface area contributed by atoms with Gasteiger partial charge in [0.15, 0.2) is 0 Å². The summed E-state index contributed by atoms with van der Waals surface area (Å²) >= 11 is 0. The second-order valence-electron chi connectivity index (χ2n) is 7.23. The summed E-state index contributed by atoms with van der Waals surface area (Å²) in [7, 11) is 1.73. The molecule has 1 aliphatic rings.